The zero-order chi connectivity index (χ0) is 10.3. The summed E-state index contributed by atoms with van der Waals surface area (Å²) in [5.41, 5.74) is 0. The van der Waals surface area contributed by atoms with Gasteiger partial charge in [-0.05, 0) is 6.92 Å². The van der Waals surface area contributed by atoms with Gasteiger partial charge in [-0.3, -0.25) is 0 Å². The zero-order valence-corrected chi connectivity index (χ0v) is 7.52. The van der Waals surface area contributed by atoms with Gasteiger partial charge < -0.3 is 14.6 Å². The van der Waals surface area contributed by atoms with Crippen LogP contribution in [0.5, 0.6) is 0 Å². The first-order valence-corrected chi connectivity index (χ1v) is 3.67. The molecular formula is C8H12O5. The number of carbonyl (C=O) groups excluding carboxylic acids is 2. The summed E-state index contributed by atoms with van der Waals surface area (Å²) in [4.78, 5) is 21.2. The van der Waals surface area contributed by atoms with Crippen molar-refractivity contribution in [3.05, 3.63) is 12.2 Å². The van der Waals surface area contributed by atoms with Crippen LogP contribution in [0.25, 0.3) is 0 Å². The lowest BCUT2D eigenvalue weighted by Crippen LogP contribution is -2.13. The molecule has 1 unspecified atom stereocenters. The molecule has 0 aliphatic rings. The quantitative estimate of drug-likeness (QED) is 0.481. The second kappa shape index (κ2) is 6.19. The summed E-state index contributed by atoms with van der Waals surface area (Å²) in [5, 5.41) is 8.73. The van der Waals surface area contributed by atoms with Crippen LogP contribution in [-0.2, 0) is 19.1 Å². The van der Waals surface area contributed by atoms with E-state index in [2.05, 4.69) is 9.47 Å². The Balaban J connectivity index is 3.74. The fourth-order valence-corrected chi connectivity index (χ4v) is 0.455. The Morgan fingerprint density at radius 1 is 1.38 bits per heavy atom. The second-order valence-corrected chi connectivity index (χ2v) is 2.34. The molecular weight excluding hydrogens is 176 g/mol. The summed E-state index contributed by atoms with van der Waals surface area (Å²) in [5.74, 6) is -1.32. The first-order valence-electron chi connectivity index (χ1n) is 3.67. The highest BCUT2D eigenvalue weighted by Gasteiger charge is 2.01. The van der Waals surface area contributed by atoms with Crippen LogP contribution >= 0.6 is 0 Å². The Morgan fingerprint density at radius 3 is 2.38 bits per heavy atom. The van der Waals surface area contributed by atoms with Crippen LogP contribution in [0.2, 0.25) is 0 Å². The molecule has 13 heavy (non-hydrogen) atoms. The maximum absolute atomic E-state index is 10.7. The largest absolute Gasteiger partial charge is 0.466 e. The number of carbonyl (C=O) groups is 2. The zero-order valence-electron chi connectivity index (χ0n) is 7.52. The number of esters is 2. The van der Waals surface area contributed by atoms with Gasteiger partial charge in [-0.15, -0.1) is 0 Å². The molecule has 74 valence electrons. The summed E-state index contributed by atoms with van der Waals surface area (Å²) in [6.07, 6.45) is 1.17. The molecule has 0 heterocycles. The monoisotopic (exact) mass is 188 g/mol. The smallest absolute Gasteiger partial charge is 0.331 e. The minimum atomic E-state index is -0.713. The first kappa shape index (κ1) is 11.6. The van der Waals surface area contributed by atoms with Gasteiger partial charge in [0.1, 0.15) is 6.61 Å². The van der Waals surface area contributed by atoms with Crippen molar-refractivity contribution in [1.29, 1.82) is 0 Å². The molecule has 0 fully saturated rings. The van der Waals surface area contributed by atoms with Crippen molar-refractivity contribution >= 4 is 11.9 Å². The van der Waals surface area contributed by atoms with Gasteiger partial charge in [0.15, 0.2) is 0 Å². The molecule has 5 heteroatoms. The molecule has 0 spiro atoms. The van der Waals surface area contributed by atoms with Crippen molar-refractivity contribution in [1.82, 2.24) is 0 Å². The van der Waals surface area contributed by atoms with Crippen molar-refractivity contribution in [2.24, 2.45) is 0 Å². The van der Waals surface area contributed by atoms with Gasteiger partial charge in [-0.2, -0.15) is 0 Å². The standard InChI is InChI=1S/C8H12O5/c1-6(9)5-13-8(11)4-3-7(10)12-2/h3-4,6,9H,5H2,1-2H3/b4-3+. The molecule has 0 aliphatic carbocycles. The molecule has 5 nitrogen and oxygen atoms in total. The van der Waals surface area contributed by atoms with Crippen molar-refractivity contribution in [2.45, 2.75) is 13.0 Å². The number of hydrogen-bond acceptors (Lipinski definition) is 5. The van der Waals surface area contributed by atoms with E-state index in [1.807, 2.05) is 0 Å². The van der Waals surface area contributed by atoms with E-state index in [4.69, 9.17) is 5.11 Å². The van der Waals surface area contributed by atoms with Crippen molar-refractivity contribution in [2.75, 3.05) is 13.7 Å². The maximum atomic E-state index is 10.7. The van der Waals surface area contributed by atoms with Crippen molar-refractivity contribution in [3.8, 4) is 0 Å². The van der Waals surface area contributed by atoms with E-state index in [1.54, 1.807) is 0 Å². The maximum Gasteiger partial charge on any atom is 0.331 e. The van der Waals surface area contributed by atoms with E-state index in [0.29, 0.717) is 0 Å². The second-order valence-electron chi connectivity index (χ2n) is 2.34. The number of methoxy groups -OCH3 is 1. The average Bonchev–Trinajstić information content (AvgIpc) is 2.10. The molecule has 0 aromatic heterocycles. The van der Waals surface area contributed by atoms with E-state index in [0.717, 1.165) is 12.2 Å². The van der Waals surface area contributed by atoms with Crippen LogP contribution in [-0.4, -0.2) is 36.9 Å². The normalized spacial score (nSPS) is 12.5. The Bertz CT molecular complexity index is 207. The Labute approximate surface area is 75.9 Å². The van der Waals surface area contributed by atoms with Crippen LogP contribution in [0.1, 0.15) is 6.92 Å². The van der Waals surface area contributed by atoms with Crippen molar-refractivity contribution < 1.29 is 24.2 Å². The van der Waals surface area contributed by atoms with E-state index >= 15 is 0 Å². The fourth-order valence-electron chi connectivity index (χ4n) is 0.455. The number of aliphatic hydroxyl groups is 1. The topological polar surface area (TPSA) is 72.8 Å². The molecule has 0 radical (unpaired) electrons. The van der Waals surface area contributed by atoms with Crippen LogP contribution in [0.4, 0.5) is 0 Å². The van der Waals surface area contributed by atoms with Crippen LogP contribution in [0.3, 0.4) is 0 Å². The van der Waals surface area contributed by atoms with E-state index in [1.165, 1.54) is 14.0 Å². The summed E-state index contributed by atoms with van der Waals surface area (Å²) in [6, 6.07) is 0. The van der Waals surface area contributed by atoms with E-state index in [-0.39, 0.29) is 6.61 Å². The highest BCUT2D eigenvalue weighted by atomic mass is 16.5. The molecule has 0 amide bonds. The number of hydrogen-bond donors (Lipinski definition) is 1. The lowest BCUT2D eigenvalue weighted by atomic mass is 10.4. The first-order chi connectivity index (χ1) is 6.06. The molecule has 0 rings (SSSR count). The number of ether oxygens (including phenoxy) is 2. The lowest BCUT2D eigenvalue weighted by molar-refractivity contribution is -0.141. The summed E-state index contributed by atoms with van der Waals surface area (Å²) in [7, 11) is 1.20. The van der Waals surface area contributed by atoms with Gasteiger partial charge in [0.2, 0.25) is 0 Å². The Kier molecular flexibility index (Phi) is 5.54. The van der Waals surface area contributed by atoms with Crippen LogP contribution < -0.4 is 0 Å². The third-order valence-corrected chi connectivity index (χ3v) is 1.02. The molecule has 0 aliphatic heterocycles. The van der Waals surface area contributed by atoms with Crippen molar-refractivity contribution in [3.63, 3.8) is 0 Å². The molecule has 0 aromatic rings. The highest BCUT2D eigenvalue weighted by molar-refractivity contribution is 5.91. The predicted molar refractivity (Wildman–Crippen MR) is 43.8 cm³/mol. The molecule has 0 aromatic carbocycles. The minimum absolute atomic E-state index is 0.0929. The highest BCUT2D eigenvalue weighted by Crippen LogP contribution is 1.87. The van der Waals surface area contributed by atoms with E-state index in [9.17, 15) is 9.59 Å². The minimum Gasteiger partial charge on any atom is -0.466 e. The van der Waals surface area contributed by atoms with Gasteiger partial charge in [0.05, 0.1) is 13.2 Å². The van der Waals surface area contributed by atoms with Gasteiger partial charge in [-0.1, -0.05) is 0 Å². The molecule has 1 atom stereocenters. The molecule has 0 saturated carbocycles. The summed E-state index contributed by atoms with van der Waals surface area (Å²) < 4.78 is 8.76. The predicted octanol–water partition coefficient (Wildman–Crippen LogP) is -0.360. The van der Waals surface area contributed by atoms with Crippen LogP contribution in [0, 0.1) is 0 Å². The SMILES string of the molecule is COC(=O)/C=C/C(=O)OCC(C)O. The van der Waals surface area contributed by atoms with Gasteiger partial charge in [-0.25, -0.2) is 9.59 Å². The van der Waals surface area contributed by atoms with Gasteiger partial charge >= 0.3 is 11.9 Å². The van der Waals surface area contributed by atoms with Crippen LogP contribution in [0.15, 0.2) is 12.2 Å². The fraction of sp³-hybridized carbons (Fsp3) is 0.500. The third-order valence-electron chi connectivity index (χ3n) is 1.02. The third kappa shape index (κ3) is 7.02. The Morgan fingerprint density at radius 2 is 1.92 bits per heavy atom. The average molecular weight is 188 g/mol. The molecule has 0 saturated heterocycles. The number of rotatable bonds is 4. The van der Waals surface area contributed by atoms with Gasteiger partial charge in [0, 0.05) is 12.2 Å². The molecule has 1 N–H and O–H groups in total. The van der Waals surface area contributed by atoms with Gasteiger partial charge in [0.25, 0.3) is 0 Å². The molecule has 0 bridgehead atoms. The number of aliphatic hydroxyl groups excluding tert-OH is 1. The Hall–Kier alpha value is -1.36. The lowest BCUT2D eigenvalue weighted by Gasteiger charge is -2.02. The van der Waals surface area contributed by atoms with E-state index < -0.39 is 18.0 Å². The summed E-state index contributed by atoms with van der Waals surface area (Å²) >= 11 is 0. The summed E-state index contributed by atoms with van der Waals surface area (Å²) in [6.45, 7) is 1.39.